The SMILES string of the molecule is CCc1ccccc1NS(=O)(=O)c1cc(C(=O)OC)n(C)c1C. The van der Waals surface area contributed by atoms with Crippen molar-refractivity contribution in [3.05, 3.63) is 47.3 Å². The highest BCUT2D eigenvalue weighted by Crippen LogP contribution is 2.24. The van der Waals surface area contributed by atoms with E-state index in [1.165, 1.54) is 17.7 Å². The quantitative estimate of drug-likeness (QED) is 0.851. The molecule has 23 heavy (non-hydrogen) atoms. The van der Waals surface area contributed by atoms with Crippen LogP contribution >= 0.6 is 0 Å². The van der Waals surface area contributed by atoms with Crippen molar-refractivity contribution in [3.63, 3.8) is 0 Å². The van der Waals surface area contributed by atoms with Crippen LogP contribution in [-0.4, -0.2) is 26.1 Å². The molecular formula is C16H20N2O4S. The highest BCUT2D eigenvalue weighted by Gasteiger charge is 2.25. The van der Waals surface area contributed by atoms with Gasteiger partial charge in [-0.15, -0.1) is 0 Å². The van der Waals surface area contributed by atoms with Crippen molar-refractivity contribution in [1.82, 2.24) is 4.57 Å². The third-order valence-corrected chi connectivity index (χ3v) is 5.30. The van der Waals surface area contributed by atoms with Gasteiger partial charge in [-0.1, -0.05) is 25.1 Å². The lowest BCUT2D eigenvalue weighted by molar-refractivity contribution is 0.0589. The number of para-hydroxylation sites is 1. The number of benzene rings is 1. The summed E-state index contributed by atoms with van der Waals surface area (Å²) in [5.41, 5.74) is 2.09. The molecule has 1 N–H and O–H groups in total. The Labute approximate surface area is 136 Å². The van der Waals surface area contributed by atoms with Crippen LogP contribution in [0.1, 0.15) is 28.7 Å². The van der Waals surface area contributed by atoms with E-state index in [1.807, 2.05) is 19.1 Å². The van der Waals surface area contributed by atoms with E-state index in [9.17, 15) is 13.2 Å². The lowest BCUT2D eigenvalue weighted by Crippen LogP contribution is -2.15. The van der Waals surface area contributed by atoms with Crippen molar-refractivity contribution in [1.29, 1.82) is 0 Å². The maximum absolute atomic E-state index is 12.7. The number of rotatable bonds is 5. The fourth-order valence-electron chi connectivity index (χ4n) is 2.37. The fourth-order valence-corrected chi connectivity index (χ4v) is 3.76. The van der Waals surface area contributed by atoms with Gasteiger partial charge in [0.1, 0.15) is 10.6 Å². The molecule has 2 rings (SSSR count). The number of esters is 1. The molecule has 1 heterocycles. The zero-order valence-electron chi connectivity index (χ0n) is 13.6. The van der Waals surface area contributed by atoms with E-state index in [0.29, 0.717) is 17.8 Å². The van der Waals surface area contributed by atoms with Gasteiger partial charge in [0.15, 0.2) is 0 Å². The minimum Gasteiger partial charge on any atom is -0.464 e. The largest absolute Gasteiger partial charge is 0.464 e. The molecule has 0 atom stereocenters. The van der Waals surface area contributed by atoms with Gasteiger partial charge in [0, 0.05) is 12.7 Å². The van der Waals surface area contributed by atoms with E-state index in [-0.39, 0.29) is 10.6 Å². The summed E-state index contributed by atoms with van der Waals surface area (Å²) in [7, 11) is -0.915. The lowest BCUT2D eigenvalue weighted by atomic mass is 10.1. The van der Waals surface area contributed by atoms with Crippen LogP contribution in [0.4, 0.5) is 5.69 Å². The van der Waals surface area contributed by atoms with Gasteiger partial charge in [0.25, 0.3) is 10.0 Å². The summed E-state index contributed by atoms with van der Waals surface area (Å²) >= 11 is 0. The molecular weight excluding hydrogens is 316 g/mol. The van der Waals surface area contributed by atoms with Crippen molar-refractivity contribution in [2.75, 3.05) is 11.8 Å². The highest BCUT2D eigenvalue weighted by molar-refractivity contribution is 7.92. The number of hydrogen-bond donors (Lipinski definition) is 1. The number of methoxy groups -OCH3 is 1. The van der Waals surface area contributed by atoms with Crippen LogP contribution in [0, 0.1) is 6.92 Å². The Morgan fingerprint density at radius 1 is 1.30 bits per heavy atom. The van der Waals surface area contributed by atoms with Crippen molar-refractivity contribution in [3.8, 4) is 0 Å². The lowest BCUT2D eigenvalue weighted by Gasteiger charge is -2.11. The second-order valence-electron chi connectivity index (χ2n) is 5.15. The summed E-state index contributed by atoms with van der Waals surface area (Å²) in [5, 5.41) is 0. The van der Waals surface area contributed by atoms with Crippen LogP contribution in [0.5, 0.6) is 0 Å². The Morgan fingerprint density at radius 2 is 1.96 bits per heavy atom. The van der Waals surface area contributed by atoms with Crippen LogP contribution in [0.3, 0.4) is 0 Å². The van der Waals surface area contributed by atoms with Crippen LogP contribution in [0.15, 0.2) is 35.2 Å². The molecule has 0 aliphatic heterocycles. The minimum absolute atomic E-state index is 0.0614. The van der Waals surface area contributed by atoms with Gasteiger partial charge >= 0.3 is 5.97 Å². The Morgan fingerprint density at radius 3 is 2.57 bits per heavy atom. The van der Waals surface area contributed by atoms with Crippen LogP contribution in [0.25, 0.3) is 0 Å². The highest BCUT2D eigenvalue weighted by atomic mass is 32.2. The van der Waals surface area contributed by atoms with Crippen LogP contribution in [-0.2, 0) is 28.2 Å². The maximum atomic E-state index is 12.7. The third kappa shape index (κ3) is 3.24. The van der Waals surface area contributed by atoms with Gasteiger partial charge < -0.3 is 9.30 Å². The third-order valence-electron chi connectivity index (χ3n) is 3.82. The molecule has 0 fully saturated rings. The van der Waals surface area contributed by atoms with E-state index in [0.717, 1.165) is 5.56 Å². The predicted octanol–water partition coefficient (Wildman–Crippen LogP) is 2.48. The molecule has 1 aromatic heterocycles. The van der Waals surface area contributed by atoms with E-state index in [2.05, 4.69) is 9.46 Å². The average molecular weight is 336 g/mol. The average Bonchev–Trinajstić information content (AvgIpc) is 2.83. The molecule has 0 aliphatic rings. The number of carbonyl (C=O) groups excluding carboxylic acids is 1. The Kier molecular flexibility index (Phi) is 4.79. The molecule has 7 heteroatoms. The number of hydrogen-bond acceptors (Lipinski definition) is 4. The molecule has 0 spiro atoms. The maximum Gasteiger partial charge on any atom is 0.354 e. The van der Waals surface area contributed by atoms with Gasteiger partial charge in [-0.25, -0.2) is 13.2 Å². The second-order valence-corrected chi connectivity index (χ2v) is 6.80. The van der Waals surface area contributed by atoms with Gasteiger partial charge in [0.05, 0.1) is 12.8 Å². The molecule has 0 unspecified atom stereocenters. The van der Waals surface area contributed by atoms with Crippen LogP contribution in [0.2, 0.25) is 0 Å². The number of nitrogens with one attached hydrogen (secondary N) is 1. The standard InChI is InChI=1S/C16H20N2O4S/c1-5-12-8-6-7-9-13(12)17-23(20,21)15-10-14(16(19)22-4)18(3)11(15)2/h6-10,17H,5H2,1-4H3. The summed E-state index contributed by atoms with van der Waals surface area (Å²) in [6.07, 6.45) is 0.708. The first-order valence-electron chi connectivity index (χ1n) is 7.17. The molecule has 0 saturated heterocycles. The summed E-state index contributed by atoms with van der Waals surface area (Å²) in [6.45, 7) is 3.60. The Bertz CT molecular complexity index is 838. The summed E-state index contributed by atoms with van der Waals surface area (Å²) in [6, 6.07) is 8.55. The topological polar surface area (TPSA) is 77.4 Å². The number of carbonyl (C=O) groups is 1. The van der Waals surface area contributed by atoms with Crippen LogP contribution < -0.4 is 4.72 Å². The monoisotopic (exact) mass is 336 g/mol. The summed E-state index contributed by atoms with van der Waals surface area (Å²) in [5.74, 6) is -0.578. The van der Waals surface area contributed by atoms with Gasteiger partial charge in [-0.3, -0.25) is 4.72 Å². The zero-order chi connectivity index (χ0) is 17.2. The normalized spacial score (nSPS) is 11.3. The summed E-state index contributed by atoms with van der Waals surface area (Å²) < 4.78 is 34.2. The molecule has 0 bridgehead atoms. The number of aromatic nitrogens is 1. The number of anilines is 1. The smallest absolute Gasteiger partial charge is 0.354 e. The van der Waals surface area contributed by atoms with Gasteiger partial charge in [0.2, 0.25) is 0 Å². The molecule has 6 nitrogen and oxygen atoms in total. The second kappa shape index (κ2) is 6.45. The predicted molar refractivity (Wildman–Crippen MR) is 88.1 cm³/mol. The summed E-state index contributed by atoms with van der Waals surface area (Å²) in [4.78, 5) is 11.8. The first-order valence-corrected chi connectivity index (χ1v) is 8.65. The number of sulfonamides is 1. The molecule has 0 aliphatic carbocycles. The van der Waals surface area contributed by atoms with Gasteiger partial charge in [-0.05, 0) is 31.0 Å². The molecule has 2 aromatic rings. The zero-order valence-corrected chi connectivity index (χ0v) is 14.4. The van der Waals surface area contributed by atoms with Crippen molar-refractivity contribution in [2.24, 2.45) is 7.05 Å². The molecule has 1 aromatic carbocycles. The number of aryl methyl sites for hydroxylation is 1. The Balaban J connectivity index is 2.46. The van der Waals surface area contributed by atoms with E-state index >= 15 is 0 Å². The number of ether oxygens (including phenoxy) is 1. The Hall–Kier alpha value is -2.28. The fraction of sp³-hybridized carbons (Fsp3) is 0.312. The van der Waals surface area contributed by atoms with Gasteiger partial charge in [-0.2, -0.15) is 0 Å². The molecule has 0 amide bonds. The van der Waals surface area contributed by atoms with Crippen molar-refractivity contribution >= 4 is 21.7 Å². The number of nitrogens with zero attached hydrogens (tertiary/aromatic N) is 1. The van der Waals surface area contributed by atoms with E-state index in [1.54, 1.807) is 26.1 Å². The molecule has 0 radical (unpaired) electrons. The van der Waals surface area contributed by atoms with Crippen molar-refractivity contribution < 1.29 is 17.9 Å². The van der Waals surface area contributed by atoms with E-state index < -0.39 is 16.0 Å². The van der Waals surface area contributed by atoms with Crippen molar-refractivity contribution in [2.45, 2.75) is 25.2 Å². The molecule has 124 valence electrons. The minimum atomic E-state index is -3.80. The first kappa shape index (κ1) is 17.1. The van der Waals surface area contributed by atoms with E-state index in [4.69, 9.17) is 0 Å². The first-order chi connectivity index (χ1) is 10.8. The molecule has 0 saturated carbocycles.